The van der Waals surface area contributed by atoms with Crippen molar-refractivity contribution in [3.63, 3.8) is 0 Å². The SMILES string of the molecule is O=c1cc(-c2ccccc2)nc(N/N=C\c2cccc(Cl)c2Cl)[nH]1. The number of nitrogens with zero attached hydrogens (tertiary/aromatic N) is 2. The molecule has 2 N–H and O–H groups in total. The molecule has 3 rings (SSSR count). The second-order valence-electron chi connectivity index (χ2n) is 4.86. The third-order valence-electron chi connectivity index (χ3n) is 3.17. The topological polar surface area (TPSA) is 70.1 Å². The molecule has 1 heterocycles. The van der Waals surface area contributed by atoms with E-state index >= 15 is 0 Å². The van der Waals surface area contributed by atoms with E-state index in [4.69, 9.17) is 23.2 Å². The highest BCUT2D eigenvalue weighted by Crippen LogP contribution is 2.24. The number of hydrogen-bond donors (Lipinski definition) is 2. The van der Waals surface area contributed by atoms with Gasteiger partial charge in [-0.25, -0.2) is 10.4 Å². The summed E-state index contributed by atoms with van der Waals surface area (Å²) in [6.07, 6.45) is 1.50. The zero-order chi connectivity index (χ0) is 16.9. The normalized spacial score (nSPS) is 10.9. The van der Waals surface area contributed by atoms with Crippen LogP contribution < -0.4 is 11.0 Å². The first-order valence-corrected chi connectivity index (χ1v) is 7.79. The Balaban J connectivity index is 1.83. The minimum absolute atomic E-state index is 0.232. The van der Waals surface area contributed by atoms with Gasteiger partial charge in [0.2, 0.25) is 5.95 Å². The maximum Gasteiger partial charge on any atom is 0.252 e. The van der Waals surface area contributed by atoms with Crippen LogP contribution in [0.3, 0.4) is 0 Å². The Morgan fingerprint density at radius 3 is 2.67 bits per heavy atom. The summed E-state index contributed by atoms with van der Waals surface area (Å²) in [4.78, 5) is 18.7. The third kappa shape index (κ3) is 3.82. The molecule has 0 aliphatic rings. The molecule has 24 heavy (non-hydrogen) atoms. The third-order valence-corrected chi connectivity index (χ3v) is 4.00. The minimum atomic E-state index is -0.276. The Kier molecular flexibility index (Phi) is 4.93. The van der Waals surface area contributed by atoms with Crippen molar-refractivity contribution in [3.05, 3.63) is 80.6 Å². The summed E-state index contributed by atoms with van der Waals surface area (Å²) in [5.74, 6) is 0.232. The van der Waals surface area contributed by atoms with Gasteiger partial charge >= 0.3 is 0 Å². The van der Waals surface area contributed by atoms with Gasteiger partial charge in [-0.05, 0) is 6.07 Å². The molecule has 5 nitrogen and oxygen atoms in total. The van der Waals surface area contributed by atoms with E-state index in [0.717, 1.165) is 5.56 Å². The monoisotopic (exact) mass is 358 g/mol. The molecule has 0 unspecified atom stereocenters. The van der Waals surface area contributed by atoms with Crippen molar-refractivity contribution < 1.29 is 0 Å². The van der Waals surface area contributed by atoms with Crippen LogP contribution in [0.5, 0.6) is 0 Å². The minimum Gasteiger partial charge on any atom is -0.291 e. The number of hydrogen-bond acceptors (Lipinski definition) is 4. The van der Waals surface area contributed by atoms with Crippen LogP contribution >= 0.6 is 23.2 Å². The number of halogens is 2. The van der Waals surface area contributed by atoms with E-state index in [-0.39, 0.29) is 11.5 Å². The molecule has 0 atom stereocenters. The number of aromatic amines is 1. The molecule has 1 aromatic heterocycles. The van der Waals surface area contributed by atoms with Crippen LogP contribution in [0.2, 0.25) is 10.0 Å². The molecular weight excluding hydrogens is 347 g/mol. The van der Waals surface area contributed by atoms with Gasteiger partial charge < -0.3 is 0 Å². The van der Waals surface area contributed by atoms with Crippen molar-refractivity contribution in [1.82, 2.24) is 9.97 Å². The predicted molar refractivity (Wildman–Crippen MR) is 98.0 cm³/mol. The van der Waals surface area contributed by atoms with E-state index in [0.29, 0.717) is 21.3 Å². The van der Waals surface area contributed by atoms with Crippen molar-refractivity contribution in [2.24, 2.45) is 5.10 Å². The van der Waals surface area contributed by atoms with Gasteiger partial charge in [0.05, 0.1) is 22.0 Å². The molecule has 0 aliphatic heterocycles. The Hall–Kier alpha value is -2.63. The number of hydrazone groups is 1. The molecule has 0 aliphatic carbocycles. The van der Waals surface area contributed by atoms with Gasteiger partial charge in [-0.1, -0.05) is 65.7 Å². The molecule has 2 aromatic carbocycles. The summed E-state index contributed by atoms with van der Waals surface area (Å²) < 4.78 is 0. The first kappa shape index (κ1) is 16.2. The van der Waals surface area contributed by atoms with Gasteiger partial charge in [0.1, 0.15) is 0 Å². The number of H-pyrrole nitrogens is 1. The highest BCUT2D eigenvalue weighted by Gasteiger charge is 2.04. The van der Waals surface area contributed by atoms with Crippen LogP contribution in [0.15, 0.2) is 64.5 Å². The number of nitrogens with one attached hydrogen (secondary N) is 2. The molecule has 3 aromatic rings. The van der Waals surface area contributed by atoms with Gasteiger partial charge in [-0.15, -0.1) is 0 Å². The highest BCUT2D eigenvalue weighted by atomic mass is 35.5. The number of rotatable bonds is 4. The van der Waals surface area contributed by atoms with Crippen LogP contribution in [0, 0.1) is 0 Å². The second kappa shape index (κ2) is 7.29. The van der Waals surface area contributed by atoms with E-state index in [2.05, 4.69) is 20.5 Å². The number of aromatic nitrogens is 2. The lowest BCUT2D eigenvalue weighted by Crippen LogP contribution is -2.10. The van der Waals surface area contributed by atoms with Crippen LogP contribution in [-0.2, 0) is 0 Å². The standard InChI is InChI=1S/C17H12Cl2N4O/c18-13-8-4-7-12(16(13)19)10-20-23-17-21-14(9-15(24)22-17)11-5-2-1-3-6-11/h1-10H,(H2,21,22,23,24)/b20-10-. The molecule has 0 saturated heterocycles. The maximum atomic E-state index is 11.8. The average Bonchev–Trinajstić information content (AvgIpc) is 2.59. The van der Waals surface area contributed by atoms with Gasteiger partial charge in [0.25, 0.3) is 5.56 Å². The van der Waals surface area contributed by atoms with Crippen molar-refractivity contribution in [2.45, 2.75) is 0 Å². The number of benzene rings is 2. The summed E-state index contributed by atoms with van der Waals surface area (Å²) in [5, 5.41) is 4.89. The van der Waals surface area contributed by atoms with Crippen molar-refractivity contribution in [2.75, 3.05) is 5.43 Å². The van der Waals surface area contributed by atoms with Gasteiger partial charge in [-0.2, -0.15) is 5.10 Å². The Bertz CT molecular complexity index is 939. The van der Waals surface area contributed by atoms with Crippen LogP contribution in [0.4, 0.5) is 5.95 Å². The summed E-state index contributed by atoms with van der Waals surface area (Å²) in [6, 6.07) is 16.1. The molecule has 0 amide bonds. The van der Waals surface area contributed by atoms with Gasteiger partial charge in [0, 0.05) is 17.2 Å². The fraction of sp³-hybridized carbons (Fsp3) is 0. The fourth-order valence-corrected chi connectivity index (χ4v) is 2.41. The van der Waals surface area contributed by atoms with E-state index in [1.807, 2.05) is 30.3 Å². The van der Waals surface area contributed by atoms with Gasteiger partial charge in [0.15, 0.2) is 0 Å². The Labute approximate surface area is 148 Å². The summed E-state index contributed by atoms with van der Waals surface area (Å²) in [5.41, 5.74) is 4.46. The Morgan fingerprint density at radius 1 is 1.08 bits per heavy atom. The molecule has 0 radical (unpaired) electrons. The lowest BCUT2D eigenvalue weighted by Gasteiger charge is -2.04. The van der Waals surface area contributed by atoms with Gasteiger partial charge in [-0.3, -0.25) is 9.78 Å². The zero-order valence-corrected chi connectivity index (χ0v) is 13.8. The van der Waals surface area contributed by atoms with E-state index in [1.54, 1.807) is 18.2 Å². The average molecular weight is 359 g/mol. The van der Waals surface area contributed by atoms with Crippen molar-refractivity contribution >= 4 is 35.4 Å². The number of anilines is 1. The molecule has 7 heteroatoms. The zero-order valence-electron chi connectivity index (χ0n) is 12.3. The van der Waals surface area contributed by atoms with E-state index in [1.165, 1.54) is 12.3 Å². The first-order chi connectivity index (χ1) is 11.6. The molecular formula is C17H12Cl2N4O. The predicted octanol–water partition coefficient (Wildman–Crippen LogP) is 4.19. The van der Waals surface area contributed by atoms with Crippen LogP contribution in [-0.4, -0.2) is 16.2 Å². The van der Waals surface area contributed by atoms with E-state index < -0.39 is 0 Å². The van der Waals surface area contributed by atoms with Crippen LogP contribution in [0.1, 0.15) is 5.56 Å². The van der Waals surface area contributed by atoms with E-state index in [9.17, 15) is 4.79 Å². The largest absolute Gasteiger partial charge is 0.291 e. The summed E-state index contributed by atoms with van der Waals surface area (Å²) >= 11 is 12.0. The van der Waals surface area contributed by atoms with Crippen molar-refractivity contribution in [3.8, 4) is 11.3 Å². The molecule has 120 valence electrons. The smallest absolute Gasteiger partial charge is 0.252 e. The molecule has 0 fully saturated rings. The van der Waals surface area contributed by atoms with Crippen LogP contribution in [0.25, 0.3) is 11.3 Å². The summed E-state index contributed by atoms with van der Waals surface area (Å²) in [7, 11) is 0. The Morgan fingerprint density at radius 2 is 1.88 bits per heavy atom. The molecule has 0 saturated carbocycles. The second-order valence-corrected chi connectivity index (χ2v) is 5.64. The maximum absolute atomic E-state index is 11.8. The first-order valence-electron chi connectivity index (χ1n) is 7.03. The molecule has 0 bridgehead atoms. The highest BCUT2D eigenvalue weighted by molar-refractivity contribution is 6.43. The summed E-state index contributed by atoms with van der Waals surface area (Å²) in [6.45, 7) is 0. The lowest BCUT2D eigenvalue weighted by atomic mass is 10.1. The van der Waals surface area contributed by atoms with Crippen molar-refractivity contribution in [1.29, 1.82) is 0 Å². The molecule has 0 spiro atoms. The quantitative estimate of drug-likeness (QED) is 0.542. The lowest BCUT2D eigenvalue weighted by molar-refractivity contribution is 1.09. The fourth-order valence-electron chi connectivity index (χ4n) is 2.05.